The summed E-state index contributed by atoms with van der Waals surface area (Å²) in [5, 5.41) is 15.7. The van der Waals surface area contributed by atoms with E-state index < -0.39 is 0 Å². The maximum atomic E-state index is 13.2. The number of hydrogen-bond donors (Lipinski definition) is 3. The van der Waals surface area contributed by atoms with Gasteiger partial charge in [-0.05, 0) is 80.6 Å². The van der Waals surface area contributed by atoms with Crippen LogP contribution in [0.5, 0.6) is 0 Å². The van der Waals surface area contributed by atoms with E-state index in [0.29, 0.717) is 34.0 Å². The molecule has 0 spiro atoms. The van der Waals surface area contributed by atoms with Crippen LogP contribution in [0.2, 0.25) is 0 Å². The molecule has 8 heteroatoms. The molecule has 3 unspecified atom stereocenters. The van der Waals surface area contributed by atoms with Crippen molar-refractivity contribution in [2.45, 2.75) is 57.7 Å². The van der Waals surface area contributed by atoms with Gasteiger partial charge in [-0.1, -0.05) is 31.2 Å². The lowest BCUT2D eigenvalue weighted by Gasteiger charge is -2.31. The smallest absolute Gasteiger partial charge is 0.257 e. The number of amides is 2. The summed E-state index contributed by atoms with van der Waals surface area (Å²) in [5.41, 5.74) is 3.95. The van der Waals surface area contributed by atoms with E-state index in [9.17, 15) is 19.5 Å². The number of Topliss-reactive ketones (excluding diaryl/α,β-unsaturated/α-hetero) is 1. The van der Waals surface area contributed by atoms with Gasteiger partial charge in [0.25, 0.3) is 11.8 Å². The van der Waals surface area contributed by atoms with Crippen molar-refractivity contribution in [1.82, 2.24) is 5.32 Å². The van der Waals surface area contributed by atoms with E-state index in [0.717, 1.165) is 44.5 Å². The summed E-state index contributed by atoms with van der Waals surface area (Å²) in [4.78, 5) is 41.2. The second-order valence-electron chi connectivity index (χ2n) is 11.8. The first-order valence-electron chi connectivity index (χ1n) is 15.1. The molecule has 3 N–H and O–H groups in total. The quantitative estimate of drug-likeness (QED) is 0.330. The molecule has 224 valence electrons. The maximum Gasteiger partial charge on any atom is 0.257 e. The molecule has 8 nitrogen and oxygen atoms in total. The second kappa shape index (κ2) is 13.3. The predicted molar refractivity (Wildman–Crippen MR) is 170 cm³/mol. The third kappa shape index (κ3) is 7.38. The summed E-state index contributed by atoms with van der Waals surface area (Å²) in [7, 11) is 1.99. The third-order valence-electron chi connectivity index (χ3n) is 8.66. The van der Waals surface area contributed by atoms with Crippen LogP contribution in [-0.2, 0) is 4.79 Å². The molecule has 2 aromatic carbocycles. The van der Waals surface area contributed by atoms with E-state index in [-0.39, 0.29) is 35.7 Å². The Morgan fingerprint density at radius 3 is 2.23 bits per heavy atom. The van der Waals surface area contributed by atoms with Crippen LogP contribution in [0.1, 0.15) is 60.2 Å². The molecule has 3 aliphatic rings. The number of piperidine rings is 1. The average Bonchev–Trinajstić information content (AvgIpc) is 3.18. The molecule has 43 heavy (non-hydrogen) atoms. The molecule has 0 saturated carbocycles. The zero-order chi connectivity index (χ0) is 30.5. The van der Waals surface area contributed by atoms with Crippen LogP contribution in [0.4, 0.5) is 11.4 Å². The van der Waals surface area contributed by atoms with Crippen LogP contribution in [0.15, 0.2) is 84.0 Å². The lowest BCUT2D eigenvalue weighted by Crippen LogP contribution is -2.40. The fraction of sp³-hybridized carbons (Fsp3) is 0.371. The number of ketones is 1. The monoisotopic (exact) mass is 581 g/mol. The highest BCUT2D eigenvalue weighted by molar-refractivity contribution is 6.12. The van der Waals surface area contributed by atoms with Crippen LogP contribution in [-0.4, -0.2) is 71.8 Å². The van der Waals surface area contributed by atoms with Crippen molar-refractivity contribution in [3.8, 4) is 0 Å². The van der Waals surface area contributed by atoms with Gasteiger partial charge >= 0.3 is 0 Å². The molecule has 2 heterocycles. The first-order valence-corrected chi connectivity index (χ1v) is 15.1. The van der Waals surface area contributed by atoms with Gasteiger partial charge in [-0.2, -0.15) is 0 Å². The van der Waals surface area contributed by atoms with E-state index in [4.69, 9.17) is 0 Å². The van der Waals surface area contributed by atoms with Gasteiger partial charge in [-0.15, -0.1) is 0 Å². The third-order valence-corrected chi connectivity index (χ3v) is 8.66. The number of benzene rings is 2. The van der Waals surface area contributed by atoms with Crippen LogP contribution < -0.4 is 15.5 Å². The predicted octanol–water partition coefficient (Wildman–Crippen LogP) is 4.52. The molecule has 0 aromatic heterocycles. The van der Waals surface area contributed by atoms with Gasteiger partial charge in [-0.3, -0.25) is 14.4 Å². The molecule has 1 saturated heterocycles. The molecular formula is C35H41N4O4+. The minimum absolute atomic E-state index is 0.0533. The van der Waals surface area contributed by atoms with E-state index >= 15 is 0 Å². The number of carbonyl (C=O) groups is 3. The van der Waals surface area contributed by atoms with E-state index in [1.807, 2.05) is 50.5 Å². The summed E-state index contributed by atoms with van der Waals surface area (Å²) in [6.07, 6.45) is 12.6. The molecule has 2 amide bonds. The SMILES string of the molecule is CC1C=C(C(=O)c2ccc(NC(=O)c3ccc(N4CCC(O)CC4)cc3)cc2)C=CC1NC(=O)C1=CCCC(C)[N+](C)=C1. The Balaban J connectivity index is 1.15. The Labute approximate surface area is 253 Å². The molecule has 0 bridgehead atoms. The number of nitrogens with zero attached hydrogens (tertiary/aromatic N) is 2. The number of anilines is 2. The Hall–Kier alpha value is -4.30. The van der Waals surface area contributed by atoms with Gasteiger partial charge < -0.3 is 20.6 Å². The normalized spacial score (nSPS) is 22.6. The molecule has 2 aromatic rings. The molecule has 5 rings (SSSR count). The molecule has 3 atom stereocenters. The topological polar surface area (TPSA) is 102 Å². The van der Waals surface area contributed by atoms with Gasteiger partial charge in [0, 0.05) is 47.6 Å². The molecule has 1 fully saturated rings. The van der Waals surface area contributed by atoms with Crippen LogP contribution in [0.25, 0.3) is 0 Å². The van der Waals surface area contributed by atoms with Crippen molar-refractivity contribution in [3.05, 3.63) is 95.1 Å². The van der Waals surface area contributed by atoms with Crippen molar-refractivity contribution >= 4 is 35.2 Å². The van der Waals surface area contributed by atoms with E-state index in [1.54, 1.807) is 42.5 Å². The highest BCUT2D eigenvalue weighted by atomic mass is 16.3. The highest BCUT2D eigenvalue weighted by Crippen LogP contribution is 2.23. The average molecular weight is 582 g/mol. The number of hydrogen-bond acceptors (Lipinski definition) is 5. The summed E-state index contributed by atoms with van der Waals surface area (Å²) >= 11 is 0. The van der Waals surface area contributed by atoms with E-state index in [1.165, 1.54) is 0 Å². The summed E-state index contributed by atoms with van der Waals surface area (Å²) in [5.74, 6) is -0.496. The maximum absolute atomic E-state index is 13.2. The second-order valence-corrected chi connectivity index (χ2v) is 11.8. The summed E-state index contributed by atoms with van der Waals surface area (Å²) in [6, 6.07) is 14.5. The molecule has 1 aliphatic carbocycles. The fourth-order valence-electron chi connectivity index (χ4n) is 5.65. The van der Waals surface area contributed by atoms with Crippen molar-refractivity contribution in [2.75, 3.05) is 30.4 Å². The van der Waals surface area contributed by atoms with Gasteiger partial charge in [-0.25, -0.2) is 4.58 Å². The molecule has 2 aliphatic heterocycles. The fourth-order valence-corrected chi connectivity index (χ4v) is 5.65. The largest absolute Gasteiger partial charge is 0.393 e. The minimum Gasteiger partial charge on any atom is -0.393 e. The summed E-state index contributed by atoms with van der Waals surface area (Å²) in [6.45, 7) is 5.74. The zero-order valence-corrected chi connectivity index (χ0v) is 25.1. The van der Waals surface area contributed by atoms with Gasteiger partial charge in [0.2, 0.25) is 0 Å². The van der Waals surface area contributed by atoms with Gasteiger partial charge in [0.05, 0.1) is 17.7 Å². The Morgan fingerprint density at radius 2 is 1.56 bits per heavy atom. The highest BCUT2D eigenvalue weighted by Gasteiger charge is 2.25. The van der Waals surface area contributed by atoms with Crippen molar-refractivity contribution < 1.29 is 24.1 Å². The Kier molecular flexibility index (Phi) is 9.36. The number of aliphatic hydroxyl groups excluding tert-OH is 1. The first kappa shape index (κ1) is 30.2. The Bertz CT molecular complexity index is 1480. The Morgan fingerprint density at radius 1 is 0.884 bits per heavy atom. The molecular weight excluding hydrogens is 540 g/mol. The number of allylic oxidation sites excluding steroid dienone is 3. The first-order chi connectivity index (χ1) is 20.7. The standard InChI is InChI=1S/C35H40N4O4/c1-23-21-27(11-16-32(23)37-35(43)28-6-4-5-24(2)38(3)22-28)33(41)25-7-12-29(13-8-25)36-34(42)26-9-14-30(15-10-26)39-19-17-31(40)18-20-39/h6-16,21-24,31-32,40H,4-5,17-20H2,1-3H3,(H-,36,37,41,42,43)/p+1. The lowest BCUT2D eigenvalue weighted by atomic mass is 9.89. The zero-order valence-electron chi connectivity index (χ0n) is 25.1. The van der Waals surface area contributed by atoms with Crippen LogP contribution in [0.3, 0.4) is 0 Å². The number of carbonyl (C=O) groups excluding carboxylic acids is 3. The van der Waals surface area contributed by atoms with Crippen molar-refractivity contribution in [2.24, 2.45) is 5.92 Å². The molecule has 0 radical (unpaired) electrons. The van der Waals surface area contributed by atoms with Gasteiger partial charge in [0.15, 0.2) is 12.0 Å². The van der Waals surface area contributed by atoms with E-state index in [2.05, 4.69) is 27.0 Å². The summed E-state index contributed by atoms with van der Waals surface area (Å²) < 4.78 is 2.08. The van der Waals surface area contributed by atoms with Crippen LogP contribution in [0, 0.1) is 5.92 Å². The van der Waals surface area contributed by atoms with Gasteiger partial charge in [0.1, 0.15) is 13.1 Å². The number of nitrogens with one attached hydrogen (secondary N) is 2. The number of rotatable bonds is 7. The number of aliphatic hydroxyl groups is 1. The van der Waals surface area contributed by atoms with Crippen LogP contribution >= 0.6 is 0 Å². The minimum atomic E-state index is -0.228. The lowest BCUT2D eigenvalue weighted by molar-refractivity contribution is -0.529. The van der Waals surface area contributed by atoms with Crippen molar-refractivity contribution in [3.63, 3.8) is 0 Å². The van der Waals surface area contributed by atoms with Crippen molar-refractivity contribution in [1.29, 1.82) is 0 Å².